The number of ether oxygens (including phenoxy) is 2. The van der Waals surface area contributed by atoms with Gasteiger partial charge < -0.3 is 9.47 Å². The molecule has 0 bridgehead atoms. The second-order valence-electron chi connectivity index (χ2n) is 8.91. The maximum atomic E-state index is 6.47. The van der Waals surface area contributed by atoms with Crippen molar-refractivity contribution >= 4 is 17.2 Å². The highest BCUT2D eigenvalue weighted by molar-refractivity contribution is 6.30. The molecule has 5 heterocycles. The fourth-order valence-electron chi connectivity index (χ4n) is 4.91. The molecule has 0 spiro atoms. The molecule has 0 radical (unpaired) electrons. The van der Waals surface area contributed by atoms with E-state index < -0.39 is 0 Å². The molecule has 38 heavy (non-hydrogen) atoms. The number of hydrogen-bond donors (Lipinski definition) is 0. The van der Waals surface area contributed by atoms with Crippen LogP contribution in [0.4, 0.5) is 0 Å². The Morgan fingerprint density at radius 2 is 1.79 bits per heavy atom. The van der Waals surface area contributed by atoms with Crippen molar-refractivity contribution < 1.29 is 9.47 Å². The Morgan fingerprint density at radius 1 is 0.974 bits per heavy atom. The zero-order chi connectivity index (χ0) is 25.8. The molecule has 4 aromatic heterocycles. The Hall–Kier alpha value is -4.76. The van der Waals surface area contributed by atoms with Crippen LogP contribution in [0, 0.1) is 6.92 Å². The van der Waals surface area contributed by atoms with Crippen molar-refractivity contribution in [2.75, 3.05) is 7.11 Å². The van der Waals surface area contributed by atoms with Crippen molar-refractivity contribution in [2.24, 2.45) is 0 Å². The first-order chi connectivity index (χ1) is 18.6. The van der Waals surface area contributed by atoms with Gasteiger partial charge in [0, 0.05) is 23.0 Å². The normalized spacial score (nSPS) is 14.1. The van der Waals surface area contributed by atoms with Crippen LogP contribution in [0.15, 0.2) is 79.4 Å². The Bertz CT molecular complexity index is 1810. The van der Waals surface area contributed by atoms with Crippen LogP contribution in [0.2, 0.25) is 5.02 Å². The quantitative estimate of drug-likeness (QED) is 0.296. The lowest BCUT2D eigenvalue weighted by molar-refractivity contribution is 0.402. The topological polar surface area (TPSA) is 92.2 Å². The molecule has 0 amide bonds. The maximum absolute atomic E-state index is 6.47. The van der Waals surface area contributed by atoms with E-state index in [4.69, 9.17) is 36.3 Å². The predicted molar refractivity (Wildman–Crippen MR) is 141 cm³/mol. The molecule has 1 aliphatic rings. The largest absolute Gasteiger partial charge is 0.497 e. The maximum Gasteiger partial charge on any atom is 0.230 e. The molecular formula is C28H20ClN7O2. The minimum absolute atomic E-state index is 0.265. The van der Waals surface area contributed by atoms with Crippen LogP contribution in [0.25, 0.3) is 22.7 Å². The first kappa shape index (κ1) is 22.4. The van der Waals surface area contributed by atoms with E-state index in [1.165, 1.54) is 0 Å². The van der Waals surface area contributed by atoms with Gasteiger partial charge in [-0.05, 0) is 55.0 Å². The summed E-state index contributed by atoms with van der Waals surface area (Å²) in [6.45, 7) is 1.98. The third kappa shape index (κ3) is 3.51. The summed E-state index contributed by atoms with van der Waals surface area (Å²) in [5, 5.41) is 10.2. The molecule has 0 aliphatic carbocycles. The molecule has 2 aromatic carbocycles. The van der Waals surface area contributed by atoms with Crippen molar-refractivity contribution in [3.63, 3.8) is 0 Å². The van der Waals surface area contributed by atoms with E-state index >= 15 is 0 Å². The summed E-state index contributed by atoms with van der Waals surface area (Å²) in [6.07, 6.45) is 5.06. The highest BCUT2D eigenvalue weighted by atomic mass is 35.5. The number of hydrogen-bond acceptors (Lipinski definition) is 7. The van der Waals surface area contributed by atoms with Crippen LogP contribution < -0.4 is 9.47 Å². The fourth-order valence-corrected chi connectivity index (χ4v) is 5.10. The van der Waals surface area contributed by atoms with E-state index in [-0.39, 0.29) is 5.92 Å². The number of methoxy groups -OCH3 is 1. The number of benzene rings is 2. The van der Waals surface area contributed by atoms with Crippen LogP contribution in [0.3, 0.4) is 0 Å². The summed E-state index contributed by atoms with van der Waals surface area (Å²) in [4.78, 5) is 13.7. The Morgan fingerprint density at radius 3 is 2.55 bits per heavy atom. The number of fused-ring (bicyclic) bond motifs is 4. The monoisotopic (exact) mass is 521 g/mol. The predicted octanol–water partition coefficient (Wildman–Crippen LogP) is 5.63. The van der Waals surface area contributed by atoms with Gasteiger partial charge >= 0.3 is 0 Å². The van der Waals surface area contributed by atoms with Gasteiger partial charge in [-0.25, -0.2) is 19.2 Å². The zero-order valence-electron chi connectivity index (χ0n) is 20.4. The van der Waals surface area contributed by atoms with E-state index in [9.17, 15) is 0 Å². The molecule has 186 valence electrons. The van der Waals surface area contributed by atoms with Gasteiger partial charge in [-0.1, -0.05) is 29.8 Å². The molecule has 0 N–H and O–H groups in total. The Balaban J connectivity index is 1.48. The van der Waals surface area contributed by atoms with Crippen LogP contribution in [0.5, 0.6) is 17.5 Å². The van der Waals surface area contributed by atoms with E-state index in [1.54, 1.807) is 35.0 Å². The van der Waals surface area contributed by atoms with E-state index in [1.807, 2.05) is 67.6 Å². The summed E-state index contributed by atoms with van der Waals surface area (Å²) >= 11 is 6.31. The average Bonchev–Trinajstić information content (AvgIpc) is 3.54. The molecule has 6 aromatic rings. The smallest absolute Gasteiger partial charge is 0.230 e. The molecule has 0 unspecified atom stereocenters. The summed E-state index contributed by atoms with van der Waals surface area (Å²) < 4.78 is 15.4. The van der Waals surface area contributed by atoms with Gasteiger partial charge in [0.15, 0.2) is 11.5 Å². The number of halogens is 1. The van der Waals surface area contributed by atoms with Crippen molar-refractivity contribution in [2.45, 2.75) is 12.8 Å². The number of rotatable bonds is 4. The molecular weight excluding hydrogens is 502 g/mol. The number of pyridine rings is 1. The van der Waals surface area contributed by atoms with Crippen molar-refractivity contribution in [3.05, 3.63) is 107 Å². The molecule has 0 saturated carbocycles. The van der Waals surface area contributed by atoms with Crippen molar-refractivity contribution in [1.82, 2.24) is 34.3 Å². The molecule has 10 heteroatoms. The Labute approximate surface area is 222 Å². The van der Waals surface area contributed by atoms with Gasteiger partial charge in [0.25, 0.3) is 0 Å². The van der Waals surface area contributed by atoms with Crippen LogP contribution in [0.1, 0.15) is 28.3 Å². The third-order valence-electron chi connectivity index (χ3n) is 6.66. The van der Waals surface area contributed by atoms with Crippen LogP contribution in [-0.4, -0.2) is 41.5 Å². The average molecular weight is 522 g/mol. The fraction of sp³-hybridized carbons (Fsp3) is 0.107. The van der Waals surface area contributed by atoms with Crippen LogP contribution in [-0.2, 0) is 0 Å². The third-order valence-corrected chi connectivity index (χ3v) is 6.90. The first-order valence-electron chi connectivity index (χ1n) is 11.9. The van der Waals surface area contributed by atoms with Gasteiger partial charge in [0.05, 0.1) is 35.5 Å². The van der Waals surface area contributed by atoms with Crippen molar-refractivity contribution in [1.29, 1.82) is 0 Å². The van der Waals surface area contributed by atoms with Crippen LogP contribution >= 0.6 is 11.6 Å². The lowest BCUT2D eigenvalue weighted by Crippen LogP contribution is -2.16. The first-order valence-corrected chi connectivity index (χ1v) is 12.3. The SMILES string of the molecule is COc1ccc([C@@H]2c3c(C)nn(-c4cccc(Cl)c4)c3Oc3ncn4nc(-c5ccncc5)nc4c32)cc1. The van der Waals surface area contributed by atoms with E-state index in [0.717, 1.165) is 39.4 Å². The van der Waals surface area contributed by atoms with Gasteiger partial charge in [-0.15, -0.1) is 5.10 Å². The minimum atomic E-state index is -0.265. The highest BCUT2D eigenvalue weighted by Crippen LogP contribution is 2.50. The van der Waals surface area contributed by atoms with E-state index in [2.05, 4.69) is 9.97 Å². The van der Waals surface area contributed by atoms with Gasteiger partial charge in [-0.3, -0.25) is 4.98 Å². The lowest BCUT2D eigenvalue weighted by atomic mass is 9.84. The molecule has 1 aliphatic heterocycles. The lowest BCUT2D eigenvalue weighted by Gasteiger charge is -2.26. The summed E-state index contributed by atoms with van der Waals surface area (Å²) in [5.74, 6) is 2.12. The number of aromatic nitrogens is 7. The second kappa shape index (κ2) is 8.67. The number of nitrogens with zero attached hydrogens (tertiary/aromatic N) is 7. The van der Waals surface area contributed by atoms with Gasteiger partial charge in [0.1, 0.15) is 12.1 Å². The summed E-state index contributed by atoms with van der Waals surface area (Å²) in [6, 6.07) is 19.2. The highest BCUT2D eigenvalue weighted by Gasteiger charge is 2.38. The molecule has 1 atom stereocenters. The minimum Gasteiger partial charge on any atom is -0.497 e. The van der Waals surface area contributed by atoms with Gasteiger partial charge in [0.2, 0.25) is 11.8 Å². The summed E-state index contributed by atoms with van der Waals surface area (Å²) in [7, 11) is 1.65. The van der Waals surface area contributed by atoms with Gasteiger partial charge in [-0.2, -0.15) is 5.10 Å². The molecule has 0 saturated heterocycles. The number of aryl methyl sites for hydroxylation is 1. The standard InChI is InChI=1S/C28H20ClN7O2/c1-16-22-23(17-6-8-21(37-2)9-7-17)24-26-32-25(18-10-12-30-13-11-18)34-35(26)15-31-27(24)38-28(22)36(33-16)20-5-3-4-19(29)14-20/h3-15,23H,1-2H3/t23-/m1/s1. The zero-order valence-corrected chi connectivity index (χ0v) is 21.2. The molecule has 9 nitrogen and oxygen atoms in total. The second-order valence-corrected chi connectivity index (χ2v) is 9.34. The molecule has 7 rings (SSSR count). The molecule has 0 fully saturated rings. The summed E-state index contributed by atoms with van der Waals surface area (Å²) in [5.41, 5.74) is 5.89. The van der Waals surface area contributed by atoms with E-state index in [0.29, 0.717) is 28.3 Å². The van der Waals surface area contributed by atoms with Crippen molar-refractivity contribution in [3.8, 4) is 34.6 Å². The Kier molecular flexibility index (Phi) is 5.12.